The third-order valence-corrected chi connectivity index (χ3v) is 6.43. The monoisotopic (exact) mass is 442 g/mol. The maximum atomic E-state index is 13.2. The number of fused-ring (bicyclic) bond motifs is 1. The van der Waals surface area contributed by atoms with Gasteiger partial charge in [0.1, 0.15) is 11.3 Å². The summed E-state index contributed by atoms with van der Waals surface area (Å²) in [6, 6.07) is 5.53. The van der Waals surface area contributed by atoms with E-state index in [1.54, 1.807) is 37.5 Å². The smallest absolute Gasteiger partial charge is 0.311 e. The van der Waals surface area contributed by atoms with Crippen molar-refractivity contribution in [2.75, 3.05) is 12.0 Å². The SMILES string of the molecule is COc1ccc2c(CC(=O)OC(C)C(=O)N(c3nccs3)C3CCCCC3)coc2c1. The van der Waals surface area contributed by atoms with E-state index >= 15 is 0 Å². The Morgan fingerprint density at radius 3 is 2.81 bits per heavy atom. The van der Waals surface area contributed by atoms with E-state index in [2.05, 4.69) is 4.98 Å². The van der Waals surface area contributed by atoms with E-state index in [-0.39, 0.29) is 18.4 Å². The van der Waals surface area contributed by atoms with Crippen molar-refractivity contribution in [3.8, 4) is 5.75 Å². The zero-order chi connectivity index (χ0) is 21.8. The van der Waals surface area contributed by atoms with Crippen LogP contribution >= 0.6 is 11.3 Å². The van der Waals surface area contributed by atoms with Gasteiger partial charge in [0.25, 0.3) is 5.91 Å². The molecule has 164 valence electrons. The predicted molar refractivity (Wildman–Crippen MR) is 118 cm³/mol. The van der Waals surface area contributed by atoms with Gasteiger partial charge in [0.05, 0.1) is 19.8 Å². The zero-order valence-electron chi connectivity index (χ0n) is 17.7. The summed E-state index contributed by atoms with van der Waals surface area (Å²) < 4.78 is 16.3. The third-order valence-electron chi connectivity index (χ3n) is 5.66. The number of esters is 1. The van der Waals surface area contributed by atoms with Gasteiger partial charge in [-0.25, -0.2) is 4.98 Å². The second-order valence-electron chi connectivity index (χ2n) is 7.75. The molecular weight excluding hydrogens is 416 g/mol. The highest BCUT2D eigenvalue weighted by Crippen LogP contribution is 2.30. The lowest BCUT2D eigenvalue weighted by atomic mass is 9.94. The number of benzene rings is 1. The molecule has 0 bridgehead atoms. The summed E-state index contributed by atoms with van der Waals surface area (Å²) in [5, 5.41) is 3.34. The molecule has 1 fully saturated rings. The molecule has 1 saturated carbocycles. The maximum Gasteiger partial charge on any atom is 0.311 e. The van der Waals surface area contributed by atoms with Crippen LogP contribution in [0.25, 0.3) is 11.0 Å². The average Bonchev–Trinajstić information content (AvgIpc) is 3.44. The van der Waals surface area contributed by atoms with Gasteiger partial charge in [-0.2, -0.15) is 0 Å². The minimum Gasteiger partial charge on any atom is -0.497 e. The van der Waals surface area contributed by atoms with Crippen molar-refractivity contribution in [1.82, 2.24) is 4.98 Å². The van der Waals surface area contributed by atoms with E-state index < -0.39 is 12.1 Å². The van der Waals surface area contributed by atoms with Crippen LogP contribution in [0.1, 0.15) is 44.6 Å². The predicted octanol–water partition coefficient (Wildman–Crippen LogP) is 4.74. The van der Waals surface area contributed by atoms with Crippen molar-refractivity contribution in [2.45, 2.75) is 57.6 Å². The molecule has 0 aliphatic heterocycles. The number of aromatic nitrogens is 1. The Morgan fingerprint density at radius 2 is 2.10 bits per heavy atom. The molecule has 2 heterocycles. The molecule has 0 radical (unpaired) electrons. The van der Waals surface area contributed by atoms with Gasteiger partial charge in [0.15, 0.2) is 11.2 Å². The van der Waals surface area contributed by atoms with Crippen LogP contribution in [0, 0.1) is 0 Å². The molecule has 31 heavy (non-hydrogen) atoms. The number of amides is 1. The Kier molecular flexibility index (Phi) is 6.56. The molecule has 0 N–H and O–H groups in total. The van der Waals surface area contributed by atoms with Crippen LogP contribution in [0.4, 0.5) is 5.13 Å². The Labute approximate surface area is 185 Å². The Morgan fingerprint density at radius 1 is 1.29 bits per heavy atom. The number of thiazole rings is 1. The van der Waals surface area contributed by atoms with Crippen molar-refractivity contribution in [3.63, 3.8) is 0 Å². The van der Waals surface area contributed by atoms with Gasteiger partial charge in [-0.3, -0.25) is 14.5 Å². The lowest BCUT2D eigenvalue weighted by molar-refractivity contribution is -0.153. The van der Waals surface area contributed by atoms with E-state index in [1.165, 1.54) is 17.8 Å². The van der Waals surface area contributed by atoms with Crippen molar-refractivity contribution in [1.29, 1.82) is 0 Å². The molecule has 1 aliphatic rings. The first-order valence-corrected chi connectivity index (χ1v) is 11.4. The quantitative estimate of drug-likeness (QED) is 0.492. The molecule has 0 spiro atoms. The van der Waals surface area contributed by atoms with Gasteiger partial charge in [-0.1, -0.05) is 19.3 Å². The van der Waals surface area contributed by atoms with Gasteiger partial charge in [0.2, 0.25) is 0 Å². The second kappa shape index (κ2) is 9.51. The summed E-state index contributed by atoms with van der Waals surface area (Å²) >= 11 is 1.43. The number of ether oxygens (including phenoxy) is 2. The molecule has 7 nitrogen and oxygen atoms in total. The minimum atomic E-state index is -0.892. The molecule has 8 heteroatoms. The standard InChI is InChI=1S/C23H26N2O5S/c1-15(22(27)25(23-24-10-11-31-23)17-6-4-3-5-7-17)30-21(26)12-16-14-29-20-13-18(28-2)8-9-19(16)20/h8-11,13-15,17H,3-7,12H2,1-2H3. The van der Waals surface area contributed by atoms with E-state index in [0.717, 1.165) is 31.1 Å². The van der Waals surface area contributed by atoms with Crippen molar-refractivity contribution >= 4 is 39.3 Å². The number of hydrogen-bond donors (Lipinski definition) is 0. The average molecular weight is 443 g/mol. The van der Waals surface area contributed by atoms with Crippen LogP contribution in [0.5, 0.6) is 5.75 Å². The molecule has 3 aromatic rings. The lowest BCUT2D eigenvalue weighted by Gasteiger charge is -2.33. The van der Waals surface area contributed by atoms with Crippen LogP contribution in [-0.2, 0) is 20.7 Å². The van der Waals surface area contributed by atoms with Crippen LogP contribution in [0.15, 0.2) is 40.5 Å². The number of carbonyl (C=O) groups excluding carboxylic acids is 2. The highest BCUT2D eigenvalue weighted by atomic mass is 32.1. The molecule has 0 saturated heterocycles. The molecule has 1 amide bonds. The van der Waals surface area contributed by atoms with Crippen LogP contribution < -0.4 is 9.64 Å². The molecule has 1 atom stereocenters. The van der Waals surface area contributed by atoms with E-state index in [4.69, 9.17) is 13.9 Å². The lowest BCUT2D eigenvalue weighted by Crippen LogP contribution is -2.47. The van der Waals surface area contributed by atoms with Crippen LogP contribution in [0.3, 0.4) is 0 Å². The van der Waals surface area contributed by atoms with E-state index in [9.17, 15) is 9.59 Å². The van der Waals surface area contributed by atoms with Crippen molar-refractivity contribution < 1.29 is 23.5 Å². The minimum absolute atomic E-state index is 0.0254. The number of methoxy groups -OCH3 is 1. The fraction of sp³-hybridized carbons (Fsp3) is 0.435. The highest BCUT2D eigenvalue weighted by molar-refractivity contribution is 7.13. The van der Waals surface area contributed by atoms with Crippen LogP contribution in [0.2, 0.25) is 0 Å². The number of nitrogens with zero attached hydrogens (tertiary/aromatic N) is 2. The second-order valence-corrected chi connectivity index (χ2v) is 8.62. The van der Waals surface area contributed by atoms with E-state index in [1.807, 2.05) is 17.5 Å². The number of furan rings is 1. The third kappa shape index (κ3) is 4.74. The zero-order valence-corrected chi connectivity index (χ0v) is 18.5. The first-order chi connectivity index (χ1) is 15.1. The summed E-state index contributed by atoms with van der Waals surface area (Å²) in [6.45, 7) is 1.63. The summed E-state index contributed by atoms with van der Waals surface area (Å²) in [5.41, 5.74) is 1.35. The summed E-state index contributed by atoms with van der Waals surface area (Å²) in [7, 11) is 1.59. The molecular formula is C23H26N2O5S. The van der Waals surface area contributed by atoms with Crippen molar-refractivity contribution in [3.05, 3.63) is 41.6 Å². The Bertz CT molecular complexity index is 1040. The normalized spacial score (nSPS) is 15.5. The molecule has 1 aliphatic carbocycles. The Balaban J connectivity index is 1.44. The van der Waals surface area contributed by atoms with Crippen LogP contribution in [-0.4, -0.2) is 36.1 Å². The topological polar surface area (TPSA) is 81.9 Å². The van der Waals surface area contributed by atoms with Gasteiger partial charge in [-0.05, 0) is 31.9 Å². The molecule has 4 rings (SSSR count). The van der Waals surface area contributed by atoms with E-state index in [0.29, 0.717) is 22.0 Å². The number of rotatable bonds is 7. The molecule has 2 aromatic heterocycles. The van der Waals surface area contributed by atoms with Gasteiger partial charge in [-0.15, -0.1) is 11.3 Å². The van der Waals surface area contributed by atoms with Gasteiger partial charge >= 0.3 is 5.97 Å². The first kappa shape index (κ1) is 21.4. The number of carbonyl (C=O) groups is 2. The summed E-state index contributed by atoms with van der Waals surface area (Å²) in [4.78, 5) is 31.9. The largest absolute Gasteiger partial charge is 0.497 e. The first-order valence-electron chi connectivity index (χ1n) is 10.5. The molecule has 1 aromatic carbocycles. The number of anilines is 1. The van der Waals surface area contributed by atoms with Gasteiger partial charge < -0.3 is 13.9 Å². The fourth-order valence-electron chi connectivity index (χ4n) is 4.07. The molecule has 1 unspecified atom stereocenters. The van der Waals surface area contributed by atoms with Crippen molar-refractivity contribution in [2.24, 2.45) is 0 Å². The fourth-order valence-corrected chi connectivity index (χ4v) is 4.79. The number of hydrogen-bond acceptors (Lipinski definition) is 7. The maximum absolute atomic E-state index is 13.2. The highest BCUT2D eigenvalue weighted by Gasteiger charge is 2.33. The summed E-state index contributed by atoms with van der Waals surface area (Å²) in [6.07, 6.45) is 7.62. The summed E-state index contributed by atoms with van der Waals surface area (Å²) in [5.74, 6) is -0.0146. The Hall–Kier alpha value is -2.87. The van der Waals surface area contributed by atoms with Gasteiger partial charge in [0, 0.05) is 34.6 Å².